The van der Waals surface area contributed by atoms with Crippen molar-refractivity contribution < 1.29 is 14.7 Å². The lowest BCUT2D eigenvalue weighted by atomic mass is 9.96. The van der Waals surface area contributed by atoms with Gasteiger partial charge in [-0.2, -0.15) is 0 Å². The quantitative estimate of drug-likeness (QED) is 0.859. The molecule has 6 heteroatoms. The lowest BCUT2D eigenvalue weighted by Gasteiger charge is -2.32. The van der Waals surface area contributed by atoms with E-state index in [1.165, 1.54) is 6.07 Å². The first kappa shape index (κ1) is 15.3. The van der Waals surface area contributed by atoms with Crippen molar-refractivity contribution in [1.82, 2.24) is 10.3 Å². The van der Waals surface area contributed by atoms with Gasteiger partial charge in [0.05, 0.1) is 0 Å². The van der Waals surface area contributed by atoms with E-state index in [1.54, 1.807) is 6.07 Å². The molecule has 1 aliphatic heterocycles. The Kier molecular flexibility index (Phi) is 5.14. The molecule has 0 aliphatic carbocycles. The van der Waals surface area contributed by atoms with E-state index in [2.05, 4.69) is 10.3 Å². The number of nitrogens with zero attached hydrogens (tertiary/aromatic N) is 2. The minimum atomic E-state index is -1.02. The van der Waals surface area contributed by atoms with Gasteiger partial charge in [-0.3, -0.25) is 4.79 Å². The lowest BCUT2D eigenvalue weighted by Crippen LogP contribution is -2.41. The predicted octanol–water partition coefficient (Wildman–Crippen LogP) is 1.52. The van der Waals surface area contributed by atoms with Crippen LogP contribution >= 0.6 is 0 Å². The van der Waals surface area contributed by atoms with Crippen molar-refractivity contribution in [3.63, 3.8) is 0 Å². The van der Waals surface area contributed by atoms with E-state index < -0.39 is 5.97 Å². The van der Waals surface area contributed by atoms with Gasteiger partial charge >= 0.3 is 5.97 Å². The van der Waals surface area contributed by atoms with Crippen LogP contribution in [0.25, 0.3) is 0 Å². The maximum absolute atomic E-state index is 11.9. The molecule has 1 aromatic heterocycles. The smallest absolute Gasteiger partial charge is 0.354 e. The van der Waals surface area contributed by atoms with Gasteiger partial charge in [-0.25, -0.2) is 9.78 Å². The van der Waals surface area contributed by atoms with E-state index in [4.69, 9.17) is 5.11 Å². The van der Waals surface area contributed by atoms with Gasteiger partial charge in [0.1, 0.15) is 5.82 Å². The molecule has 2 heterocycles. The Morgan fingerprint density at radius 3 is 2.71 bits per heavy atom. The molecule has 1 aliphatic rings. The molecule has 2 rings (SSSR count). The highest BCUT2D eigenvalue weighted by atomic mass is 16.4. The van der Waals surface area contributed by atoms with Crippen LogP contribution in [0.15, 0.2) is 18.2 Å². The third-order valence-corrected chi connectivity index (χ3v) is 3.69. The Morgan fingerprint density at radius 2 is 2.10 bits per heavy atom. The van der Waals surface area contributed by atoms with Gasteiger partial charge in [-0.05, 0) is 31.4 Å². The summed E-state index contributed by atoms with van der Waals surface area (Å²) in [5.74, 6) is -0.174. The van der Waals surface area contributed by atoms with Crippen LogP contribution in [0.4, 0.5) is 5.82 Å². The molecule has 0 saturated carbocycles. The zero-order valence-electron chi connectivity index (χ0n) is 12.2. The first-order valence-corrected chi connectivity index (χ1v) is 7.34. The highest BCUT2D eigenvalue weighted by molar-refractivity contribution is 5.85. The highest BCUT2D eigenvalue weighted by Gasteiger charge is 2.25. The largest absolute Gasteiger partial charge is 0.477 e. The fourth-order valence-corrected chi connectivity index (χ4v) is 2.48. The normalized spacial score (nSPS) is 15.8. The molecule has 1 aromatic rings. The van der Waals surface area contributed by atoms with E-state index in [0.717, 1.165) is 38.9 Å². The highest BCUT2D eigenvalue weighted by Crippen LogP contribution is 2.22. The van der Waals surface area contributed by atoms with Crippen molar-refractivity contribution >= 4 is 17.7 Å². The number of carbonyl (C=O) groups excluding carboxylic acids is 1. The van der Waals surface area contributed by atoms with Gasteiger partial charge in [0.15, 0.2) is 5.69 Å². The number of rotatable bonds is 5. The van der Waals surface area contributed by atoms with Crippen LogP contribution in [0, 0.1) is 5.92 Å². The molecule has 0 bridgehead atoms. The number of piperidine rings is 1. The van der Waals surface area contributed by atoms with Crippen LogP contribution < -0.4 is 10.2 Å². The zero-order chi connectivity index (χ0) is 15.2. The molecule has 0 atom stereocenters. The minimum absolute atomic E-state index is 0.0512. The van der Waals surface area contributed by atoms with Gasteiger partial charge in [-0.15, -0.1) is 0 Å². The Bertz CT molecular complexity index is 511. The van der Waals surface area contributed by atoms with Gasteiger partial charge in [-0.1, -0.05) is 13.0 Å². The second-order valence-corrected chi connectivity index (χ2v) is 5.24. The third kappa shape index (κ3) is 3.93. The summed E-state index contributed by atoms with van der Waals surface area (Å²) in [7, 11) is 0. The Balaban J connectivity index is 1.93. The summed E-state index contributed by atoms with van der Waals surface area (Å²) in [6.45, 7) is 4.20. The molecule has 2 N–H and O–H groups in total. The number of pyridine rings is 1. The van der Waals surface area contributed by atoms with Crippen molar-refractivity contribution in [1.29, 1.82) is 0 Å². The first-order chi connectivity index (χ1) is 10.1. The van der Waals surface area contributed by atoms with Crippen molar-refractivity contribution in [2.45, 2.75) is 26.2 Å². The Labute approximate surface area is 124 Å². The van der Waals surface area contributed by atoms with Gasteiger partial charge < -0.3 is 15.3 Å². The second kappa shape index (κ2) is 7.06. The number of hydrogen-bond acceptors (Lipinski definition) is 4. The number of anilines is 1. The predicted molar refractivity (Wildman–Crippen MR) is 79.4 cm³/mol. The van der Waals surface area contributed by atoms with Crippen LogP contribution in [-0.4, -0.2) is 41.6 Å². The number of amides is 1. The molecular weight excluding hydrogens is 270 g/mol. The van der Waals surface area contributed by atoms with Crippen LogP contribution in [0.3, 0.4) is 0 Å². The summed E-state index contributed by atoms with van der Waals surface area (Å²) in [5.41, 5.74) is 0.0512. The number of carboxylic acids is 1. The van der Waals surface area contributed by atoms with Crippen LogP contribution in [-0.2, 0) is 4.79 Å². The fourth-order valence-electron chi connectivity index (χ4n) is 2.48. The maximum Gasteiger partial charge on any atom is 0.354 e. The van der Waals surface area contributed by atoms with E-state index in [-0.39, 0.29) is 17.5 Å². The maximum atomic E-state index is 11.9. The fraction of sp³-hybridized carbons (Fsp3) is 0.533. The molecule has 0 aromatic carbocycles. The first-order valence-electron chi connectivity index (χ1n) is 7.34. The molecule has 0 radical (unpaired) electrons. The van der Waals surface area contributed by atoms with Crippen molar-refractivity contribution in [3.8, 4) is 0 Å². The Hall–Kier alpha value is -2.11. The van der Waals surface area contributed by atoms with Crippen molar-refractivity contribution in [3.05, 3.63) is 23.9 Å². The van der Waals surface area contributed by atoms with Gasteiger partial charge in [0.2, 0.25) is 5.91 Å². The van der Waals surface area contributed by atoms with Crippen molar-refractivity contribution in [2.75, 3.05) is 24.5 Å². The third-order valence-electron chi connectivity index (χ3n) is 3.69. The summed E-state index contributed by atoms with van der Waals surface area (Å²) >= 11 is 0. The average Bonchev–Trinajstić information content (AvgIpc) is 2.53. The summed E-state index contributed by atoms with van der Waals surface area (Å²) in [4.78, 5) is 29.0. The summed E-state index contributed by atoms with van der Waals surface area (Å²) in [6, 6.07) is 4.99. The number of carboxylic acid groups (broad SMARTS) is 1. The van der Waals surface area contributed by atoms with Crippen molar-refractivity contribution in [2.24, 2.45) is 5.92 Å². The summed E-state index contributed by atoms with van der Waals surface area (Å²) < 4.78 is 0. The molecule has 0 unspecified atom stereocenters. The zero-order valence-corrected chi connectivity index (χ0v) is 12.2. The number of carbonyl (C=O) groups is 2. The number of hydrogen-bond donors (Lipinski definition) is 2. The minimum Gasteiger partial charge on any atom is -0.477 e. The van der Waals surface area contributed by atoms with Crippen LogP contribution in [0.1, 0.15) is 36.7 Å². The summed E-state index contributed by atoms with van der Waals surface area (Å²) in [5, 5.41) is 11.9. The number of aromatic nitrogens is 1. The molecule has 0 spiro atoms. The monoisotopic (exact) mass is 291 g/mol. The molecule has 21 heavy (non-hydrogen) atoms. The van der Waals surface area contributed by atoms with Crippen LogP contribution in [0.5, 0.6) is 0 Å². The standard InChI is InChI=1S/C15H21N3O3/c1-2-8-16-14(19)11-6-9-18(10-7-11)13-5-3-4-12(17-13)15(20)21/h3-5,11H,2,6-10H2,1H3,(H,16,19)(H,20,21). The van der Waals surface area contributed by atoms with Crippen LogP contribution in [0.2, 0.25) is 0 Å². The SMILES string of the molecule is CCCNC(=O)C1CCN(c2cccc(C(=O)O)n2)CC1. The molecule has 1 fully saturated rings. The average molecular weight is 291 g/mol. The molecule has 114 valence electrons. The van der Waals surface area contributed by atoms with E-state index in [9.17, 15) is 9.59 Å². The van der Waals surface area contributed by atoms with E-state index >= 15 is 0 Å². The molecule has 6 nitrogen and oxygen atoms in total. The van der Waals surface area contributed by atoms with E-state index in [0.29, 0.717) is 5.82 Å². The topological polar surface area (TPSA) is 82.5 Å². The second-order valence-electron chi connectivity index (χ2n) is 5.24. The number of aromatic carboxylic acids is 1. The molecule has 1 amide bonds. The molecular formula is C15H21N3O3. The summed E-state index contributed by atoms with van der Waals surface area (Å²) in [6.07, 6.45) is 2.49. The molecule has 1 saturated heterocycles. The number of nitrogens with one attached hydrogen (secondary N) is 1. The lowest BCUT2D eigenvalue weighted by molar-refractivity contribution is -0.125. The van der Waals surface area contributed by atoms with Gasteiger partial charge in [0.25, 0.3) is 0 Å². The Morgan fingerprint density at radius 1 is 1.38 bits per heavy atom. The van der Waals surface area contributed by atoms with E-state index in [1.807, 2.05) is 17.9 Å². The van der Waals surface area contributed by atoms with Gasteiger partial charge in [0, 0.05) is 25.6 Å².